The molecule has 0 amide bonds. The summed E-state index contributed by atoms with van der Waals surface area (Å²) in [4.78, 5) is 11.0. The number of aromatic nitrogens is 2. The number of fused-ring (bicyclic) bond motifs is 3. The summed E-state index contributed by atoms with van der Waals surface area (Å²) in [5.74, 6) is 0.945. The lowest BCUT2D eigenvalue weighted by Gasteiger charge is -2.30. The van der Waals surface area contributed by atoms with E-state index >= 15 is 0 Å². The van der Waals surface area contributed by atoms with Crippen LogP contribution < -0.4 is 4.74 Å². The van der Waals surface area contributed by atoms with Crippen LogP contribution in [0.5, 0.6) is 5.75 Å². The summed E-state index contributed by atoms with van der Waals surface area (Å²) in [5, 5.41) is 1.20. The number of benzene rings is 1. The van der Waals surface area contributed by atoms with Crippen molar-refractivity contribution in [1.82, 2.24) is 14.9 Å². The predicted molar refractivity (Wildman–Crippen MR) is 90.1 cm³/mol. The first-order valence-electron chi connectivity index (χ1n) is 7.98. The van der Waals surface area contributed by atoms with Gasteiger partial charge < -0.3 is 4.74 Å². The van der Waals surface area contributed by atoms with Crippen LogP contribution in [0.1, 0.15) is 23.6 Å². The molecule has 23 heavy (non-hydrogen) atoms. The molecule has 0 atom stereocenters. The van der Waals surface area contributed by atoms with Gasteiger partial charge in [0.05, 0.1) is 0 Å². The normalized spacial score (nSPS) is 14.5. The summed E-state index contributed by atoms with van der Waals surface area (Å²) in [5.41, 5.74) is 4.75. The Hall–Kier alpha value is -2.46. The molecule has 0 N–H and O–H groups in total. The van der Waals surface area contributed by atoms with Crippen molar-refractivity contribution in [1.29, 1.82) is 0 Å². The van der Waals surface area contributed by atoms with Crippen LogP contribution in [-0.2, 0) is 19.5 Å². The van der Waals surface area contributed by atoms with E-state index < -0.39 is 0 Å². The molecule has 3 heterocycles. The molecule has 0 saturated heterocycles. The van der Waals surface area contributed by atoms with Gasteiger partial charge >= 0.3 is 0 Å². The van der Waals surface area contributed by atoms with Crippen molar-refractivity contribution in [2.45, 2.75) is 26.4 Å². The molecule has 0 aliphatic carbocycles. The highest BCUT2D eigenvalue weighted by Gasteiger charge is 2.21. The van der Waals surface area contributed by atoms with Crippen LogP contribution in [0.2, 0.25) is 0 Å². The first-order valence-corrected chi connectivity index (χ1v) is 7.98. The maximum Gasteiger partial charge on any atom is 0.152 e. The van der Waals surface area contributed by atoms with Gasteiger partial charge in [0.15, 0.2) is 5.75 Å². The van der Waals surface area contributed by atoms with E-state index in [1.807, 2.05) is 24.5 Å². The molecular formula is C19H19N3O. The summed E-state index contributed by atoms with van der Waals surface area (Å²) in [6.07, 6.45) is 6.55. The van der Waals surface area contributed by atoms with E-state index in [0.29, 0.717) is 6.73 Å². The second-order valence-electron chi connectivity index (χ2n) is 5.90. The lowest BCUT2D eigenvalue weighted by atomic mass is 10.00. The third-order valence-electron chi connectivity index (χ3n) is 4.30. The Bertz CT molecular complexity index is 833. The Kier molecular flexibility index (Phi) is 3.67. The number of rotatable bonds is 3. The molecule has 0 unspecified atom stereocenters. The smallest absolute Gasteiger partial charge is 0.152 e. The molecule has 0 saturated carbocycles. The molecule has 1 aromatic carbocycles. The van der Waals surface area contributed by atoms with E-state index in [9.17, 15) is 0 Å². The maximum atomic E-state index is 6.06. The second kappa shape index (κ2) is 5.97. The topological polar surface area (TPSA) is 38.2 Å². The molecule has 0 fully saturated rings. The average Bonchev–Trinajstić information content (AvgIpc) is 2.61. The maximum absolute atomic E-state index is 6.06. The zero-order valence-corrected chi connectivity index (χ0v) is 13.2. The Morgan fingerprint density at radius 2 is 2.13 bits per heavy atom. The van der Waals surface area contributed by atoms with E-state index in [1.54, 1.807) is 6.20 Å². The highest BCUT2D eigenvalue weighted by atomic mass is 16.5. The molecule has 4 nitrogen and oxygen atoms in total. The lowest BCUT2D eigenvalue weighted by molar-refractivity contribution is 0.0900. The minimum atomic E-state index is 0.582. The third kappa shape index (κ3) is 2.66. The van der Waals surface area contributed by atoms with Crippen molar-refractivity contribution in [2.75, 3.05) is 6.73 Å². The molecule has 1 aliphatic heterocycles. The largest absolute Gasteiger partial charge is 0.475 e. The summed E-state index contributed by atoms with van der Waals surface area (Å²) in [6, 6.07) is 10.5. The minimum Gasteiger partial charge on any atom is -0.475 e. The summed E-state index contributed by atoms with van der Waals surface area (Å²) in [6.45, 7) is 4.49. The van der Waals surface area contributed by atoms with Gasteiger partial charge in [-0.25, -0.2) is 0 Å². The molecule has 1 aliphatic rings. The average molecular weight is 305 g/mol. The zero-order chi connectivity index (χ0) is 15.6. The molecule has 4 heteroatoms. The van der Waals surface area contributed by atoms with Crippen LogP contribution in [0.4, 0.5) is 0 Å². The number of hydrogen-bond acceptors (Lipinski definition) is 4. The Balaban J connectivity index is 1.68. The summed E-state index contributed by atoms with van der Waals surface area (Å²) in [7, 11) is 0. The highest BCUT2D eigenvalue weighted by molar-refractivity contribution is 5.89. The van der Waals surface area contributed by atoms with Gasteiger partial charge in [0, 0.05) is 42.6 Å². The number of aryl methyl sites for hydroxylation is 1. The molecule has 0 bridgehead atoms. The zero-order valence-electron chi connectivity index (χ0n) is 13.2. The van der Waals surface area contributed by atoms with Crippen LogP contribution in [0.25, 0.3) is 10.9 Å². The molecule has 3 aromatic rings. The quantitative estimate of drug-likeness (QED) is 0.742. The van der Waals surface area contributed by atoms with Gasteiger partial charge in [0.1, 0.15) is 12.2 Å². The lowest BCUT2D eigenvalue weighted by Crippen LogP contribution is -2.31. The van der Waals surface area contributed by atoms with Gasteiger partial charge in [-0.1, -0.05) is 25.1 Å². The minimum absolute atomic E-state index is 0.582. The Morgan fingerprint density at radius 1 is 1.22 bits per heavy atom. The van der Waals surface area contributed by atoms with E-state index in [1.165, 1.54) is 22.1 Å². The summed E-state index contributed by atoms with van der Waals surface area (Å²) >= 11 is 0. The molecule has 4 rings (SSSR count). The van der Waals surface area contributed by atoms with E-state index in [-0.39, 0.29) is 0 Å². The van der Waals surface area contributed by atoms with Gasteiger partial charge in [0.25, 0.3) is 0 Å². The summed E-state index contributed by atoms with van der Waals surface area (Å²) < 4.78 is 6.06. The van der Waals surface area contributed by atoms with Gasteiger partial charge in [-0.15, -0.1) is 0 Å². The fourth-order valence-corrected chi connectivity index (χ4v) is 3.22. The van der Waals surface area contributed by atoms with Crippen LogP contribution >= 0.6 is 0 Å². The third-order valence-corrected chi connectivity index (χ3v) is 4.30. The van der Waals surface area contributed by atoms with Crippen molar-refractivity contribution < 1.29 is 4.74 Å². The van der Waals surface area contributed by atoms with Crippen LogP contribution in [-0.4, -0.2) is 21.6 Å². The van der Waals surface area contributed by atoms with E-state index in [0.717, 1.165) is 30.8 Å². The van der Waals surface area contributed by atoms with Crippen molar-refractivity contribution in [3.63, 3.8) is 0 Å². The fourth-order valence-electron chi connectivity index (χ4n) is 3.22. The van der Waals surface area contributed by atoms with Crippen molar-refractivity contribution in [3.8, 4) is 5.75 Å². The van der Waals surface area contributed by atoms with E-state index in [4.69, 9.17) is 4.74 Å². The molecule has 0 spiro atoms. The predicted octanol–water partition coefficient (Wildman–Crippen LogP) is 3.54. The number of pyridine rings is 2. The first kappa shape index (κ1) is 14.2. The van der Waals surface area contributed by atoms with Crippen molar-refractivity contribution in [2.24, 2.45) is 0 Å². The van der Waals surface area contributed by atoms with Gasteiger partial charge in [-0.3, -0.25) is 14.9 Å². The van der Waals surface area contributed by atoms with Crippen molar-refractivity contribution >= 4 is 10.9 Å². The number of ether oxygens (including phenoxy) is 1. The van der Waals surface area contributed by atoms with Crippen LogP contribution in [0.15, 0.2) is 48.9 Å². The van der Waals surface area contributed by atoms with Gasteiger partial charge in [-0.2, -0.15) is 0 Å². The second-order valence-corrected chi connectivity index (χ2v) is 5.90. The monoisotopic (exact) mass is 305 g/mol. The van der Waals surface area contributed by atoms with Gasteiger partial charge in [-0.05, 0) is 29.7 Å². The van der Waals surface area contributed by atoms with Crippen LogP contribution in [0, 0.1) is 0 Å². The molecule has 0 radical (unpaired) electrons. The molecule has 116 valence electrons. The standard InChI is InChI=1S/C19H19N3O/c1-2-15-9-16-12-22(11-14-5-3-7-20-10-14)13-23-19(16)18-17(15)6-4-8-21-18/h3-10H,2,11-13H2,1H3. The molecular weight excluding hydrogens is 286 g/mol. The highest BCUT2D eigenvalue weighted by Crippen LogP contribution is 2.35. The fraction of sp³-hybridized carbons (Fsp3) is 0.263. The first-order chi connectivity index (χ1) is 11.3. The Morgan fingerprint density at radius 3 is 2.96 bits per heavy atom. The van der Waals surface area contributed by atoms with Crippen LogP contribution in [0.3, 0.4) is 0 Å². The Labute approximate surface area is 135 Å². The number of nitrogens with zero attached hydrogens (tertiary/aromatic N) is 3. The van der Waals surface area contributed by atoms with E-state index in [2.05, 4.69) is 40.0 Å². The SMILES string of the molecule is CCc1cc2c(c3ncccc13)OCN(Cc1cccnc1)C2. The number of hydrogen-bond donors (Lipinski definition) is 0. The van der Waals surface area contributed by atoms with Gasteiger partial charge in [0.2, 0.25) is 0 Å². The molecule has 2 aromatic heterocycles. The van der Waals surface area contributed by atoms with Crippen molar-refractivity contribution in [3.05, 3.63) is 65.6 Å².